The van der Waals surface area contributed by atoms with Gasteiger partial charge in [0.2, 0.25) is 0 Å². The number of carbonyl (C=O) groups is 4. The summed E-state index contributed by atoms with van der Waals surface area (Å²) in [5.74, 6) is 5.32. The van der Waals surface area contributed by atoms with E-state index in [-0.39, 0.29) is 73.4 Å². The molecule has 4 aliphatic heterocycles. The van der Waals surface area contributed by atoms with Crippen molar-refractivity contribution >= 4 is 41.9 Å². The first-order valence-corrected chi connectivity index (χ1v) is 26.7. The average Bonchev–Trinajstić information content (AvgIpc) is 3.88. The molecule has 16 heteroatoms. The molecule has 2 aromatic carbocycles. The summed E-state index contributed by atoms with van der Waals surface area (Å²) >= 11 is 0. The summed E-state index contributed by atoms with van der Waals surface area (Å²) in [4.78, 5) is 55.9. The summed E-state index contributed by atoms with van der Waals surface area (Å²) in [5, 5.41) is 2.98. The Morgan fingerprint density at radius 3 is 1.89 bits per heavy atom. The van der Waals surface area contributed by atoms with E-state index in [1.807, 2.05) is 39.1 Å². The standard InChI is InChI=1S/C26H35N2O5P.C18H21NO3.C7H16NOP.C3H5.Y/c1-5-17(19(29)10-13-34)28(3)25(30)32-21-9-7-16-18-14-15-6-8-20(31-4)23-22(15)26(16,24(21)33-23)11-12-27(18)2;1-19-8-7-18-11-4-5-13(20)17(18)22-16-14(21-2)6-3-10(15(16)18)9-12(11)19;1-3-6(8-2)7(9)4-5-10;1-3-2;/h6,8-9,16-18,24H,5,7,10-14,34H2,1-4H3;3,6,11-12,17H,4-5,7-9H2,1-2H3;6,8H,3-5,10H2,1-2H3;1H2,2H3;/q;;;-1;/t16-,17?,18+,24-,26-;11-,12+,17-,18-;;;/m00.../s1. The van der Waals surface area contributed by atoms with E-state index in [0.29, 0.717) is 67.3 Å². The minimum absolute atomic E-state index is 0. The van der Waals surface area contributed by atoms with Gasteiger partial charge in [-0.05, 0) is 139 Å². The molecule has 1 amide bonds. The molecule has 4 heterocycles. The van der Waals surface area contributed by atoms with E-state index in [1.54, 1.807) is 28.2 Å². The molecule has 4 aliphatic carbocycles. The van der Waals surface area contributed by atoms with E-state index in [2.05, 4.69) is 72.5 Å². The third-order valence-electron chi connectivity index (χ3n) is 16.7. The first kappa shape index (κ1) is 56.5. The van der Waals surface area contributed by atoms with Crippen LogP contribution in [0.4, 0.5) is 4.79 Å². The Morgan fingerprint density at radius 1 is 0.871 bits per heavy atom. The van der Waals surface area contributed by atoms with Crippen molar-refractivity contribution in [3.63, 3.8) is 0 Å². The van der Waals surface area contributed by atoms with Gasteiger partial charge in [-0.15, -0.1) is 18.5 Å². The molecule has 381 valence electrons. The van der Waals surface area contributed by atoms with Crippen molar-refractivity contribution in [2.45, 2.75) is 139 Å². The molecule has 1 N–H and O–H groups in total. The number of amides is 1. The molecule has 4 unspecified atom stereocenters. The van der Waals surface area contributed by atoms with Crippen molar-refractivity contribution in [2.24, 2.45) is 11.8 Å². The first-order valence-electron chi connectivity index (χ1n) is 25.1. The van der Waals surface area contributed by atoms with E-state index in [1.165, 1.54) is 27.2 Å². The van der Waals surface area contributed by atoms with E-state index in [9.17, 15) is 19.2 Å². The Kier molecular flexibility index (Phi) is 19.4. The van der Waals surface area contributed by atoms with E-state index in [4.69, 9.17) is 23.7 Å². The van der Waals surface area contributed by atoms with Gasteiger partial charge in [-0.25, -0.2) is 4.79 Å². The van der Waals surface area contributed by atoms with Gasteiger partial charge in [0.05, 0.1) is 26.3 Å². The normalized spacial score (nSPS) is 28.4. The van der Waals surface area contributed by atoms with Gasteiger partial charge in [0.25, 0.3) is 0 Å². The Morgan fingerprint density at radius 2 is 1.39 bits per heavy atom. The largest absolute Gasteiger partial charge is 0.507 e. The van der Waals surface area contributed by atoms with Crippen molar-refractivity contribution in [1.29, 1.82) is 0 Å². The van der Waals surface area contributed by atoms with Crippen LogP contribution in [-0.4, -0.2) is 142 Å². The Balaban J connectivity index is 0.000000190. The fourth-order valence-corrected chi connectivity index (χ4v) is 14.0. The van der Waals surface area contributed by atoms with E-state index in [0.717, 1.165) is 87.2 Å². The molecule has 1 saturated carbocycles. The second-order valence-electron chi connectivity index (χ2n) is 19.9. The molecule has 0 aromatic heterocycles. The molecule has 10 rings (SSSR count). The number of methoxy groups -OCH3 is 2. The summed E-state index contributed by atoms with van der Waals surface area (Å²) in [6, 6.07) is 8.91. The van der Waals surface area contributed by atoms with Crippen molar-refractivity contribution in [3.8, 4) is 23.0 Å². The van der Waals surface area contributed by atoms with Crippen LogP contribution in [0.25, 0.3) is 0 Å². The predicted molar refractivity (Wildman–Crippen MR) is 276 cm³/mol. The number of nitrogens with one attached hydrogen (secondary N) is 1. The van der Waals surface area contributed by atoms with Crippen LogP contribution < -0.4 is 24.3 Å². The first-order chi connectivity index (χ1) is 33.2. The molecule has 8 aliphatic rings. The monoisotopic (exact) mass is 1080 g/mol. The van der Waals surface area contributed by atoms with Crippen LogP contribution in [0.5, 0.6) is 23.0 Å². The van der Waals surface area contributed by atoms with Gasteiger partial charge in [-0.2, -0.15) is 6.92 Å². The zero-order valence-electron chi connectivity index (χ0n) is 43.1. The number of piperidine rings is 2. The number of allylic oxidation sites excluding steroid dienone is 2. The maximum absolute atomic E-state index is 13.2. The van der Waals surface area contributed by atoms with Gasteiger partial charge in [0.15, 0.2) is 46.8 Å². The smallest absolute Gasteiger partial charge is 0.415 e. The molecule has 70 heavy (non-hydrogen) atoms. The number of Topliss-reactive ketones (excluding diaryl/α,β-unsaturated/α-hetero) is 3. The fraction of sp³-hybridized carbons (Fsp3) is 0.630. The predicted octanol–water partition coefficient (Wildman–Crippen LogP) is 7.28. The van der Waals surface area contributed by atoms with Gasteiger partial charge >= 0.3 is 6.09 Å². The number of ether oxygens (including phenoxy) is 5. The molecular formula is C54H77N4O9P2Y-. The molecule has 2 aromatic rings. The van der Waals surface area contributed by atoms with Crippen LogP contribution in [0.3, 0.4) is 0 Å². The van der Waals surface area contributed by atoms with Crippen molar-refractivity contribution in [2.75, 3.05) is 67.8 Å². The fourth-order valence-electron chi connectivity index (χ4n) is 13.5. The summed E-state index contributed by atoms with van der Waals surface area (Å²) in [6.07, 6.45) is 14.0. The van der Waals surface area contributed by atoms with E-state index < -0.39 is 12.1 Å². The number of rotatable bonds is 13. The second-order valence-corrected chi connectivity index (χ2v) is 21.1. The number of nitrogens with zero attached hydrogens (tertiary/aromatic N) is 3. The number of hydrogen-bond acceptors (Lipinski definition) is 12. The quantitative estimate of drug-likeness (QED) is 0.160. The molecule has 12 atom stereocenters. The summed E-state index contributed by atoms with van der Waals surface area (Å²) in [7, 11) is 16.4. The van der Waals surface area contributed by atoms with Crippen LogP contribution in [0.15, 0.2) is 42.7 Å². The van der Waals surface area contributed by atoms with E-state index >= 15 is 0 Å². The molecule has 13 nitrogen and oxygen atoms in total. The average molecular weight is 1080 g/mol. The second kappa shape index (κ2) is 24.1. The Bertz CT molecular complexity index is 2290. The minimum atomic E-state index is -0.503. The molecule has 3 fully saturated rings. The van der Waals surface area contributed by atoms with Crippen LogP contribution in [-0.2, 0) is 75.5 Å². The van der Waals surface area contributed by atoms with Crippen molar-refractivity contribution in [1.82, 2.24) is 20.0 Å². The third-order valence-corrected chi connectivity index (χ3v) is 17.2. The van der Waals surface area contributed by atoms with Crippen LogP contribution in [0.2, 0.25) is 0 Å². The maximum atomic E-state index is 13.2. The number of likely N-dealkylation sites (tertiary alicyclic amines) is 2. The molecular weight excluding hydrogens is 999 g/mol. The number of hydrogen-bond donors (Lipinski definition) is 1. The van der Waals surface area contributed by atoms with Gasteiger partial charge in [0, 0.05) is 93.1 Å². The number of carbonyl (C=O) groups excluding carboxylic acids is 4. The van der Waals surface area contributed by atoms with Crippen molar-refractivity contribution < 1.29 is 75.6 Å². The molecule has 2 saturated heterocycles. The molecule has 4 bridgehead atoms. The summed E-state index contributed by atoms with van der Waals surface area (Å²) in [6.45, 7) is 11.0. The Labute approximate surface area is 446 Å². The topological polar surface area (TPSA) is 136 Å². The SMILES string of the molecule is C=[C-]C.CCC(C(=O)CCP)N(C)C(=O)OC1=CC[C@H]2[C@H]3Cc4ccc(OC)c5c4[C@@]2(CCN3C)[C@H]1O5.CCC(NC)C(=O)CCP.COc1ccc2c3c1O[C@H]1C(=O)CC[C@H]4[C@@H](C2)N(C)CC[C@]314.[Y]. The zero-order chi connectivity index (χ0) is 49.9. The summed E-state index contributed by atoms with van der Waals surface area (Å²) in [5.41, 5.74) is 4.91. The van der Waals surface area contributed by atoms with Crippen molar-refractivity contribution in [3.05, 3.63) is 71.0 Å². The third kappa shape index (κ3) is 9.86. The van der Waals surface area contributed by atoms with Gasteiger partial charge in [-0.1, -0.05) is 26.0 Å². The molecule has 1 radical (unpaired) electrons. The number of ketones is 3. The Hall–Kier alpha value is -2.76. The van der Waals surface area contributed by atoms with Gasteiger partial charge in [-0.3, -0.25) is 21.0 Å². The summed E-state index contributed by atoms with van der Waals surface area (Å²) < 4.78 is 30.1. The van der Waals surface area contributed by atoms with Crippen LogP contribution >= 0.6 is 18.5 Å². The van der Waals surface area contributed by atoms with Crippen LogP contribution in [0, 0.1) is 17.9 Å². The van der Waals surface area contributed by atoms with Gasteiger partial charge < -0.3 is 49.8 Å². The van der Waals surface area contributed by atoms with Gasteiger partial charge in [0.1, 0.15) is 11.5 Å². The number of likely N-dealkylation sites (N-methyl/N-ethyl adjacent to an activating group) is 4. The zero-order valence-corrected chi connectivity index (χ0v) is 48.2. The molecule has 2 spiro atoms. The van der Waals surface area contributed by atoms with Crippen LogP contribution in [0.1, 0.15) is 101 Å². The number of benzene rings is 2. The minimum Gasteiger partial charge on any atom is -0.507 e. The maximum Gasteiger partial charge on any atom is 0.415 e.